The number of hydrogen-bond donors (Lipinski definition) is 1. The van der Waals surface area contributed by atoms with Crippen LogP contribution in [-0.4, -0.2) is 19.9 Å². The summed E-state index contributed by atoms with van der Waals surface area (Å²) >= 11 is 9.02. The molecule has 5 heteroatoms. The molecule has 0 saturated carbocycles. The molecular weight excluding hydrogens is 281 g/mol. The second kappa shape index (κ2) is 7.82. The molecule has 0 atom stereocenters. The highest BCUT2D eigenvalue weighted by atomic mass is 79.9. The van der Waals surface area contributed by atoms with Gasteiger partial charge in [0.25, 0.3) is 0 Å². The molecule has 0 radical (unpaired) electrons. The Morgan fingerprint density at radius 1 is 1.53 bits per heavy atom. The summed E-state index contributed by atoms with van der Waals surface area (Å²) < 4.78 is 0.882. The summed E-state index contributed by atoms with van der Waals surface area (Å²) in [6.45, 7) is 1.50. The van der Waals surface area contributed by atoms with Gasteiger partial charge >= 0.3 is 0 Å². The summed E-state index contributed by atoms with van der Waals surface area (Å²) in [4.78, 5) is 15.2. The fraction of sp³-hybridized carbons (Fsp3) is 0.300. The number of carbonyl (C=O) groups excluding carboxylic acids is 1. The summed E-state index contributed by atoms with van der Waals surface area (Å²) in [6.07, 6.45) is 0. The Morgan fingerprint density at radius 3 is 2.40 bits per heavy atom. The Morgan fingerprint density at radius 2 is 2.07 bits per heavy atom. The van der Waals surface area contributed by atoms with Gasteiger partial charge in [0.15, 0.2) is 5.78 Å². The highest BCUT2D eigenvalue weighted by Gasteiger charge is 2.04. The molecule has 0 aromatic heterocycles. The Labute approximate surface area is 103 Å². The van der Waals surface area contributed by atoms with Crippen LogP contribution in [0.25, 0.3) is 0 Å². The first-order chi connectivity index (χ1) is 7.02. The van der Waals surface area contributed by atoms with Gasteiger partial charge in [-0.2, -0.15) is 0 Å². The third kappa shape index (κ3) is 5.89. The zero-order valence-corrected chi connectivity index (χ0v) is 11.1. The van der Waals surface area contributed by atoms with Crippen molar-refractivity contribution in [1.29, 1.82) is 0 Å². The minimum Gasteiger partial charge on any atom is -0.305 e. The summed E-state index contributed by atoms with van der Waals surface area (Å²) in [5.41, 5.74) is 3.00. The number of hydrogen-bond acceptors (Lipinski definition) is 3. The normalized spacial score (nSPS) is 9.13. The first-order valence-corrected chi connectivity index (χ1v) is 5.35. The highest BCUT2D eigenvalue weighted by molar-refractivity contribution is 9.10. The number of Topliss-reactive ketones (excluding diaryl/α,β-unsaturated/α-hetero) is 1. The van der Waals surface area contributed by atoms with Gasteiger partial charge in [0.1, 0.15) is 0 Å². The molecule has 15 heavy (non-hydrogen) atoms. The van der Waals surface area contributed by atoms with Crippen molar-refractivity contribution in [1.82, 2.24) is 5.48 Å². The number of halogens is 2. The van der Waals surface area contributed by atoms with E-state index in [1.807, 2.05) is 0 Å². The number of ketones is 1. The average Bonchev–Trinajstić information content (AvgIpc) is 2.17. The minimum atomic E-state index is -0.0116. The maximum Gasteiger partial charge on any atom is 0.161 e. The second-order valence-electron chi connectivity index (χ2n) is 2.59. The average molecular weight is 295 g/mol. The van der Waals surface area contributed by atoms with Crippen molar-refractivity contribution in [2.24, 2.45) is 0 Å². The van der Waals surface area contributed by atoms with Gasteiger partial charge in [-0.1, -0.05) is 27.5 Å². The van der Waals surface area contributed by atoms with E-state index in [9.17, 15) is 4.79 Å². The Kier molecular flexibility index (Phi) is 7.60. The molecule has 0 bridgehead atoms. The van der Waals surface area contributed by atoms with E-state index in [0.717, 1.165) is 4.47 Å². The monoisotopic (exact) mass is 293 g/mol. The van der Waals surface area contributed by atoms with Crippen LogP contribution in [-0.2, 0) is 4.84 Å². The lowest BCUT2D eigenvalue weighted by Crippen LogP contribution is -2.00. The van der Waals surface area contributed by atoms with E-state index in [0.29, 0.717) is 10.6 Å². The van der Waals surface area contributed by atoms with Gasteiger partial charge in [0.05, 0.1) is 12.1 Å². The van der Waals surface area contributed by atoms with Gasteiger partial charge < -0.3 is 4.84 Å². The van der Waals surface area contributed by atoms with E-state index in [1.54, 1.807) is 32.4 Å². The van der Waals surface area contributed by atoms with E-state index < -0.39 is 0 Å². The molecule has 0 aliphatic rings. The van der Waals surface area contributed by atoms with Crippen LogP contribution in [0.1, 0.15) is 17.3 Å². The fourth-order valence-electron chi connectivity index (χ4n) is 0.775. The second-order valence-corrected chi connectivity index (χ2v) is 3.91. The van der Waals surface area contributed by atoms with E-state index in [1.165, 1.54) is 6.92 Å². The highest BCUT2D eigenvalue weighted by Crippen LogP contribution is 2.21. The molecule has 0 aliphatic heterocycles. The van der Waals surface area contributed by atoms with Gasteiger partial charge in [0, 0.05) is 17.1 Å². The largest absolute Gasteiger partial charge is 0.305 e. The summed E-state index contributed by atoms with van der Waals surface area (Å²) in [7, 11) is 3.28. The molecule has 3 nitrogen and oxygen atoms in total. The van der Waals surface area contributed by atoms with Crippen LogP contribution in [0.4, 0.5) is 0 Å². The van der Waals surface area contributed by atoms with Crippen LogP contribution in [0.15, 0.2) is 22.7 Å². The lowest BCUT2D eigenvalue weighted by atomic mass is 10.1. The van der Waals surface area contributed by atoms with Crippen LogP contribution >= 0.6 is 27.5 Å². The topological polar surface area (TPSA) is 38.3 Å². The summed E-state index contributed by atoms with van der Waals surface area (Å²) in [5.74, 6) is -0.0116. The zero-order valence-electron chi connectivity index (χ0n) is 8.80. The molecule has 0 saturated heterocycles. The molecule has 0 heterocycles. The smallest absolute Gasteiger partial charge is 0.161 e. The zero-order chi connectivity index (χ0) is 11.8. The quantitative estimate of drug-likeness (QED) is 0.673. The number of benzene rings is 1. The van der Waals surface area contributed by atoms with E-state index >= 15 is 0 Å². The maximum atomic E-state index is 10.9. The van der Waals surface area contributed by atoms with Crippen molar-refractivity contribution in [3.05, 3.63) is 33.3 Å². The van der Waals surface area contributed by atoms with Crippen LogP contribution in [0.3, 0.4) is 0 Å². The number of nitrogens with one attached hydrogen (secondary N) is 1. The van der Waals surface area contributed by atoms with Crippen molar-refractivity contribution >= 4 is 33.3 Å². The first kappa shape index (κ1) is 14.6. The molecule has 0 aliphatic carbocycles. The third-order valence-corrected chi connectivity index (χ3v) is 2.32. The standard InChI is InChI=1S/C8H6BrClO.C2H7NO/c1-5(11)7-3-2-6(9)4-8(7)10;1-3-4-2/h2-4H,1H3;3H,1-2H3. The predicted molar refractivity (Wildman–Crippen MR) is 65.2 cm³/mol. The van der Waals surface area contributed by atoms with Crippen LogP contribution in [0.2, 0.25) is 5.02 Å². The summed E-state index contributed by atoms with van der Waals surface area (Å²) in [5, 5.41) is 0.492. The molecule has 0 spiro atoms. The number of carbonyl (C=O) groups is 1. The molecule has 1 aromatic rings. The Balaban J connectivity index is 0.000000423. The van der Waals surface area contributed by atoms with Gasteiger partial charge in [-0.15, -0.1) is 0 Å². The van der Waals surface area contributed by atoms with Gasteiger partial charge in [-0.25, -0.2) is 5.48 Å². The van der Waals surface area contributed by atoms with Gasteiger partial charge in [0.2, 0.25) is 0 Å². The van der Waals surface area contributed by atoms with Crippen molar-refractivity contribution in [3.8, 4) is 0 Å². The Hall–Kier alpha value is -0.420. The van der Waals surface area contributed by atoms with Crippen LogP contribution in [0.5, 0.6) is 0 Å². The van der Waals surface area contributed by atoms with Crippen LogP contribution in [0, 0.1) is 0 Å². The predicted octanol–water partition coefficient (Wildman–Crippen LogP) is 3.07. The maximum absolute atomic E-state index is 10.9. The molecule has 1 N–H and O–H groups in total. The van der Waals surface area contributed by atoms with E-state index in [4.69, 9.17) is 11.6 Å². The molecule has 0 unspecified atom stereocenters. The van der Waals surface area contributed by atoms with E-state index in [-0.39, 0.29) is 5.78 Å². The van der Waals surface area contributed by atoms with Crippen molar-refractivity contribution in [2.75, 3.05) is 14.2 Å². The molecule has 84 valence electrons. The lowest BCUT2D eigenvalue weighted by molar-refractivity contribution is 0.101. The van der Waals surface area contributed by atoms with Crippen LogP contribution < -0.4 is 5.48 Å². The van der Waals surface area contributed by atoms with E-state index in [2.05, 4.69) is 26.2 Å². The Bertz CT molecular complexity index is 329. The molecule has 0 amide bonds. The molecule has 1 aromatic carbocycles. The SMILES string of the molecule is CC(=O)c1ccc(Br)cc1Cl.CNOC. The molecule has 0 fully saturated rings. The van der Waals surface area contributed by atoms with Crippen molar-refractivity contribution < 1.29 is 9.63 Å². The third-order valence-electron chi connectivity index (χ3n) is 1.51. The van der Waals surface area contributed by atoms with Gasteiger partial charge in [-0.05, 0) is 25.1 Å². The minimum absolute atomic E-state index is 0.0116. The number of hydroxylamine groups is 1. The summed E-state index contributed by atoms with van der Waals surface area (Å²) in [6, 6.07) is 5.20. The van der Waals surface area contributed by atoms with Crippen molar-refractivity contribution in [3.63, 3.8) is 0 Å². The van der Waals surface area contributed by atoms with Gasteiger partial charge in [-0.3, -0.25) is 4.79 Å². The lowest BCUT2D eigenvalue weighted by Gasteiger charge is -1.98. The van der Waals surface area contributed by atoms with Crippen molar-refractivity contribution in [2.45, 2.75) is 6.92 Å². The molecule has 1 rings (SSSR count). The first-order valence-electron chi connectivity index (χ1n) is 4.18. The molecular formula is C10H13BrClNO2. The number of rotatable bonds is 2. The fourth-order valence-corrected chi connectivity index (χ4v) is 1.58.